The van der Waals surface area contributed by atoms with Gasteiger partial charge in [-0.15, -0.1) is 11.3 Å². The van der Waals surface area contributed by atoms with E-state index in [1.54, 1.807) is 0 Å². The third kappa shape index (κ3) is 3.41. The summed E-state index contributed by atoms with van der Waals surface area (Å²) in [6.45, 7) is 0. The van der Waals surface area contributed by atoms with E-state index >= 15 is 0 Å². The van der Waals surface area contributed by atoms with E-state index in [0.717, 1.165) is 6.20 Å². The zero-order chi connectivity index (χ0) is 15.8. The van der Waals surface area contributed by atoms with Crippen molar-refractivity contribution < 1.29 is 31.1 Å². The normalized spacial score (nSPS) is 12.5. The van der Waals surface area contributed by atoms with Crippen LogP contribution in [-0.4, -0.2) is 11.3 Å². The Morgan fingerprint density at radius 2 is 1.48 bits per heavy atom. The minimum Gasteiger partial charge on any atom is -0.297 e. The molecule has 0 atom stereocenters. The third-order valence-corrected chi connectivity index (χ3v) is 3.45. The standard InChI is InChI=1S/C12H5F6NOS/c13-11(14,15)7-1-6(2-8(3-7)12(16,17)18)10-19-4-9(5-20)21-10/h1-5H. The molecular formula is C12H5F6NOS. The highest BCUT2D eigenvalue weighted by atomic mass is 32.1. The zero-order valence-corrected chi connectivity index (χ0v) is 10.7. The monoisotopic (exact) mass is 325 g/mol. The Labute approximate surface area is 118 Å². The van der Waals surface area contributed by atoms with Crippen molar-refractivity contribution in [3.8, 4) is 10.6 Å². The van der Waals surface area contributed by atoms with Gasteiger partial charge in [0, 0.05) is 11.8 Å². The van der Waals surface area contributed by atoms with Crippen LogP contribution in [0.15, 0.2) is 24.4 Å². The topological polar surface area (TPSA) is 30.0 Å². The quantitative estimate of drug-likeness (QED) is 0.594. The van der Waals surface area contributed by atoms with Crippen molar-refractivity contribution >= 4 is 17.6 Å². The minimum absolute atomic E-state index is 0.0394. The van der Waals surface area contributed by atoms with Crippen LogP contribution < -0.4 is 0 Å². The number of aromatic nitrogens is 1. The second kappa shape index (κ2) is 5.14. The van der Waals surface area contributed by atoms with E-state index in [0.29, 0.717) is 29.8 Å². The van der Waals surface area contributed by atoms with Crippen molar-refractivity contribution in [3.05, 3.63) is 40.4 Å². The van der Waals surface area contributed by atoms with Gasteiger partial charge in [-0.25, -0.2) is 4.98 Å². The number of alkyl halides is 6. The summed E-state index contributed by atoms with van der Waals surface area (Å²) in [5.41, 5.74) is -3.18. The van der Waals surface area contributed by atoms with Gasteiger partial charge in [-0.3, -0.25) is 4.79 Å². The lowest BCUT2D eigenvalue weighted by molar-refractivity contribution is -0.143. The molecule has 112 valence electrons. The first kappa shape index (κ1) is 15.5. The van der Waals surface area contributed by atoms with Crippen LogP contribution in [0.1, 0.15) is 20.8 Å². The van der Waals surface area contributed by atoms with E-state index in [1.807, 2.05) is 0 Å². The molecule has 1 aromatic heterocycles. The van der Waals surface area contributed by atoms with E-state index in [2.05, 4.69) is 4.98 Å². The number of hydrogen-bond acceptors (Lipinski definition) is 3. The molecule has 2 aromatic rings. The molecule has 2 rings (SSSR count). The van der Waals surface area contributed by atoms with E-state index in [-0.39, 0.29) is 21.5 Å². The number of halogens is 6. The third-order valence-electron chi connectivity index (χ3n) is 2.47. The van der Waals surface area contributed by atoms with E-state index < -0.39 is 23.5 Å². The van der Waals surface area contributed by atoms with Gasteiger partial charge in [-0.1, -0.05) is 0 Å². The maximum absolute atomic E-state index is 12.7. The molecule has 21 heavy (non-hydrogen) atoms. The first-order valence-electron chi connectivity index (χ1n) is 5.32. The molecule has 0 unspecified atom stereocenters. The predicted molar refractivity (Wildman–Crippen MR) is 62.9 cm³/mol. The van der Waals surface area contributed by atoms with Crippen LogP contribution in [0.5, 0.6) is 0 Å². The highest BCUT2D eigenvalue weighted by molar-refractivity contribution is 7.16. The molecular weight excluding hydrogens is 320 g/mol. The van der Waals surface area contributed by atoms with Crippen LogP contribution in [0.2, 0.25) is 0 Å². The summed E-state index contributed by atoms with van der Waals surface area (Å²) in [5.74, 6) is 0. The summed E-state index contributed by atoms with van der Waals surface area (Å²) in [6, 6.07) is 1.18. The van der Waals surface area contributed by atoms with Crippen LogP contribution >= 0.6 is 11.3 Å². The van der Waals surface area contributed by atoms with Gasteiger partial charge < -0.3 is 0 Å². The first-order valence-corrected chi connectivity index (χ1v) is 6.14. The summed E-state index contributed by atoms with van der Waals surface area (Å²) in [7, 11) is 0. The van der Waals surface area contributed by atoms with Gasteiger partial charge in [0.1, 0.15) is 5.01 Å². The average Bonchev–Trinajstić information content (AvgIpc) is 2.85. The number of carbonyl (C=O) groups is 1. The van der Waals surface area contributed by atoms with E-state index in [9.17, 15) is 31.1 Å². The van der Waals surface area contributed by atoms with Gasteiger partial charge in [-0.05, 0) is 18.2 Å². The smallest absolute Gasteiger partial charge is 0.297 e. The van der Waals surface area contributed by atoms with Crippen molar-refractivity contribution in [2.45, 2.75) is 12.4 Å². The average molecular weight is 325 g/mol. The molecule has 0 radical (unpaired) electrons. The summed E-state index contributed by atoms with van der Waals surface area (Å²) in [4.78, 5) is 14.3. The Kier molecular flexibility index (Phi) is 3.79. The van der Waals surface area contributed by atoms with Gasteiger partial charge in [0.25, 0.3) is 0 Å². The Bertz CT molecular complexity index is 641. The van der Waals surface area contributed by atoms with Crippen LogP contribution in [-0.2, 0) is 12.4 Å². The highest BCUT2D eigenvalue weighted by Gasteiger charge is 2.37. The maximum Gasteiger partial charge on any atom is 0.416 e. The lowest BCUT2D eigenvalue weighted by Gasteiger charge is -2.13. The largest absolute Gasteiger partial charge is 0.416 e. The molecule has 1 heterocycles. The van der Waals surface area contributed by atoms with Crippen LogP contribution in [0, 0.1) is 0 Å². The SMILES string of the molecule is O=Cc1cnc(-c2cc(C(F)(F)F)cc(C(F)(F)F)c2)s1. The van der Waals surface area contributed by atoms with E-state index in [4.69, 9.17) is 0 Å². The molecule has 0 aliphatic carbocycles. The van der Waals surface area contributed by atoms with Gasteiger partial charge in [0.05, 0.1) is 16.0 Å². The Morgan fingerprint density at radius 3 is 1.86 bits per heavy atom. The number of carbonyl (C=O) groups excluding carboxylic acids is 1. The van der Waals surface area contributed by atoms with Gasteiger partial charge in [-0.2, -0.15) is 26.3 Å². The molecule has 0 bridgehead atoms. The van der Waals surface area contributed by atoms with E-state index in [1.165, 1.54) is 0 Å². The minimum atomic E-state index is -4.92. The summed E-state index contributed by atoms with van der Waals surface area (Å²) < 4.78 is 76.1. The number of thiazole rings is 1. The number of rotatable bonds is 2. The van der Waals surface area contributed by atoms with Crippen molar-refractivity contribution in [3.63, 3.8) is 0 Å². The summed E-state index contributed by atoms with van der Waals surface area (Å²) in [6.07, 6.45) is -8.33. The molecule has 0 aliphatic rings. The molecule has 0 N–H and O–H groups in total. The molecule has 0 fully saturated rings. The fourth-order valence-electron chi connectivity index (χ4n) is 1.55. The van der Waals surface area contributed by atoms with Crippen LogP contribution in [0.3, 0.4) is 0 Å². The Balaban J connectivity index is 2.62. The highest BCUT2D eigenvalue weighted by Crippen LogP contribution is 2.39. The molecule has 9 heteroatoms. The fourth-order valence-corrected chi connectivity index (χ4v) is 2.27. The number of aldehydes is 1. The van der Waals surface area contributed by atoms with Gasteiger partial charge >= 0.3 is 12.4 Å². The number of hydrogen-bond donors (Lipinski definition) is 0. The number of nitrogens with zero attached hydrogens (tertiary/aromatic N) is 1. The van der Waals surface area contributed by atoms with Crippen molar-refractivity contribution in [2.75, 3.05) is 0 Å². The van der Waals surface area contributed by atoms with Crippen LogP contribution in [0.25, 0.3) is 10.6 Å². The fraction of sp³-hybridized carbons (Fsp3) is 0.167. The molecule has 0 aliphatic heterocycles. The lowest BCUT2D eigenvalue weighted by Crippen LogP contribution is -2.11. The van der Waals surface area contributed by atoms with Gasteiger partial charge in [0.15, 0.2) is 6.29 Å². The maximum atomic E-state index is 12.7. The molecule has 0 saturated heterocycles. The Hall–Kier alpha value is -1.90. The predicted octanol–water partition coefficient (Wildman–Crippen LogP) is 4.66. The molecule has 0 amide bonds. The molecule has 0 spiro atoms. The van der Waals surface area contributed by atoms with Crippen molar-refractivity contribution in [2.24, 2.45) is 0 Å². The molecule has 0 saturated carbocycles. The van der Waals surface area contributed by atoms with Crippen molar-refractivity contribution in [1.82, 2.24) is 4.98 Å². The Morgan fingerprint density at radius 1 is 0.952 bits per heavy atom. The zero-order valence-electron chi connectivity index (χ0n) is 9.92. The van der Waals surface area contributed by atoms with Gasteiger partial charge in [0.2, 0.25) is 0 Å². The molecule has 2 nitrogen and oxygen atoms in total. The first-order chi connectivity index (χ1) is 9.61. The lowest BCUT2D eigenvalue weighted by atomic mass is 10.1. The van der Waals surface area contributed by atoms with Crippen molar-refractivity contribution in [1.29, 1.82) is 0 Å². The second-order valence-electron chi connectivity index (χ2n) is 3.98. The second-order valence-corrected chi connectivity index (χ2v) is 5.04. The summed E-state index contributed by atoms with van der Waals surface area (Å²) in [5, 5.41) is -0.0892. The summed E-state index contributed by atoms with van der Waals surface area (Å²) >= 11 is 0.711. The molecule has 1 aromatic carbocycles. The van der Waals surface area contributed by atoms with Crippen LogP contribution in [0.4, 0.5) is 26.3 Å². The number of benzene rings is 1.